The number of methoxy groups -OCH3 is 1. The summed E-state index contributed by atoms with van der Waals surface area (Å²) in [6, 6.07) is 24.4. The van der Waals surface area contributed by atoms with Gasteiger partial charge in [0.1, 0.15) is 18.2 Å². The molecule has 0 unspecified atom stereocenters. The molecule has 4 atom stereocenters. The van der Waals surface area contributed by atoms with Gasteiger partial charge in [0.2, 0.25) is 5.88 Å². The number of anilines is 2. The Kier molecular flexibility index (Phi) is 6.92. The summed E-state index contributed by atoms with van der Waals surface area (Å²) in [6.45, 7) is 5.11. The zero-order chi connectivity index (χ0) is 25.2. The third-order valence-electron chi connectivity index (χ3n) is 8.22. The first-order chi connectivity index (χ1) is 18.2. The number of hydrogen-bond donors (Lipinski definition) is 0. The molecule has 1 saturated carbocycles. The van der Waals surface area contributed by atoms with E-state index in [9.17, 15) is 0 Å². The molecule has 194 valence electrons. The average molecular weight is 500 g/mol. The molecule has 6 heteroatoms. The molecule has 3 fully saturated rings. The van der Waals surface area contributed by atoms with E-state index in [1.165, 1.54) is 30.5 Å². The molecule has 2 aromatic carbocycles. The minimum absolute atomic E-state index is 0.211. The van der Waals surface area contributed by atoms with Crippen LogP contribution < -0.4 is 19.3 Å². The predicted molar refractivity (Wildman–Crippen MR) is 147 cm³/mol. The van der Waals surface area contributed by atoms with Crippen LogP contribution in [0.2, 0.25) is 0 Å². The van der Waals surface area contributed by atoms with E-state index in [2.05, 4.69) is 59.2 Å². The number of nitrogens with zero attached hydrogens (tertiary/aromatic N) is 3. The number of benzene rings is 2. The van der Waals surface area contributed by atoms with E-state index in [-0.39, 0.29) is 6.10 Å². The summed E-state index contributed by atoms with van der Waals surface area (Å²) < 4.78 is 17.4. The smallest absolute Gasteiger partial charge is 0.217 e. The first-order valence-corrected chi connectivity index (χ1v) is 13.6. The number of morpholine rings is 1. The number of hydrogen-bond acceptors (Lipinski definition) is 6. The first kappa shape index (κ1) is 24.1. The normalized spacial score (nSPS) is 24.9. The van der Waals surface area contributed by atoms with Crippen molar-refractivity contribution in [2.45, 2.75) is 57.4 Å². The molecule has 6 nitrogen and oxygen atoms in total. The number of pyridine rings is 1. The van der Waals surface area contributed by atoms with Crippen LogP contribution in [-0.4, -0.2) is 50.0 Å². The highest BCUT2D eigenvalue weighted by Crippen LogP contribution is 2.46. The molecule has 3 aromatic rings. The second kappa shape index (κ2) is 10.6. The van der Waals surface area contributed by atoms with E-state index < -0.39 is 0 Å². The van der Waals surface area contributed by atoms with E-state index in [1.54, 1.807) is 7.11 Å². The van der Waals surface area contributed by atoms with Crippen LogP contribution >= 0.6 is 0 Å². The summed E-state index contributed by atoms with van der Waals surface area (Å²) in [5.74, 6) is 3.31. The van der Waals surface area contributed by atoms with Crippen LogP contribution in [0.3, 0.4) is 0 Å². The molecule has 1 aromatic heterocycles. The molecule has 0 radical (unpaired) electrons. The van der Waals surface area contributed by atoms with Gasteiger partial charge in [-0.2, -0.15) is 4.98 Å². The molecule has 3 aliphatic rings. The lowest BCUT2D eigenvalue weighted by atomic mass is 9.92. The quantitative estimate of drug-likeness (QED) is 0.408. The number of piperidine rings is 1. The zero-order valence-electron chi connectivity index (χ0n) is 21.9. The molecule has 37 heavy (non-hydrogen) atoms. The molecule has 6 rings (SSSR count). The zero-order valence-corrected chi connectivity index (χ0v) is 21.9. The fraction of sp³-hybridized carbons (Fsp3) is 0.452. The van der Waals surface area contributed by atoms with Crippen molar-refractivity contribution in [1.82, 2.24) is 4.98 Å². The van der Waals surface area contributed by atoms with Crippen molar-refractivity contribution in [2.24, 2.45) is 5.92 Å². The second-order valence-electron chi connectivity index (χ2n) is 10.7. The molecule has 2 saturated heterocycles. The highest BCUT2D eigenvalue weighted by molar-refractivity contribution is 5.60. The van der Waals surface area contributed by atoms with Crippen molar-refractivity contribution in [3.8, 4) is 11.6 Å². The van der Waals surface area contributed by atoms with Gasteiger partial charge >= 0.3 is 0 Å². The van der Waals surface area contributed by atoms with Crippen molar-refractivity contribution in [2.75, 3.05) is 36.6 Å². The van der Waals surface area contributed by atoms with Gasteiger partial charge in [-0.15, -0.1) is 0 Å². The van der Waals surface area contributed by atoms with Crippen molar-refractivity contribution in [1.29, 1.82) is 0 Å². The third-order valence-corrected chi connectivity index (χ3v) is 8.22. The fourth-order valence-corrected chi connectivity index (χ4v) is 6.37. The molecular formula is C31H37N3O3. The van der Waals surface area contributed by atoms with Gasteiger partial charge < -0.3 is 24.0 Å². The Labute approximate surface area is 220 Å². The van der Waals surface area contributed by atoms with Gasteiger partial charge in [-0.3, -0.25) is 0 Å². The lowest BCUT2D eigenvalue weighted by Gasteiger charge is -2.38. The summed E-state index contributed by atoms with van der Waals surface area (Å²) in [6.07, 6.45) is 5.10. The Morgan fingerprint density at radius 1 is 1.00 bits per heavy atom. The molecule has 0 N–H and O–H groups in total. The van der Waals surface area contributed by atoms with Gasteiger partial charge in [0.15, 0.2) is 0 Å². The van der Waals surface area contributed by atoms with E-state index in [0.717, 1.165) is 49.2 Å². The lowest BCUT2D eigenvalue weighted by molar-refractivity contribution is 0.0532. The van der Waals surface area contributed by atoms with Gasteiger partial charge in [-0.25, -0.2) is 0 Å². The number of ether oxygens (including phenoxy) is 3. The van der Waals surface area contributed by atoms with Crippen LogP contribution in [-0.2, 0) is 17.8 Å². The number of aromatic nitrogens is 1. The van der Waals surface area contributed by atoms with E-state index in [0.29, 0.717) is 24.6 Å². The second-order valence-corrected chi connectivity index (χ2v) is 10.7. The largest absolute Gasteiger partial charge is 0.497 e. The van der Waals surface area contributed by atoms with Crippen molar-refractivity contribution < 1.29 is 14.2 Å². The molecule has 2 bridgehead atoms. The average Bonchev–Trinajstić information content (AvgIpc) is 3.55. The van der Waals surface area contributed by atoms with E-state index in [4.69, 9.17) is 19.2 Å². The highest BCUT2D eigenvalue weighted by Gasteiger charge is 2.46. The Bertz CT molecular complexity index is 1190. The molecule has 0 amide bonds. The SMILES string of the molecule is COc1ccc(COc2cc(N3CCO[C@H](C)C3)cc(N3[C@@H]4CC[C@@H](C4)[C@H]3Cc3ccccc3)n2)cc1. The lowest BCUT2D eigenvalue weighted by Crippen LogP contribution is -2.43. The van der Waals surface area contributed by atoms with Crippen LogP contribution in [0.4, 0.5) is 11.5 Å². The van der Waals surface area contributed by atoms with Gasteiger partial charge in [0.25, 0.3) is 0 Å². The number of fused-ring (bicyclic) bond motifs is 2. The molecular weight excluding hydrogens is 462 g/mol. The molecule has 2 aliphatic heterocycles. The fourth-order valence-electron chi connectivity index (χ4n) is 6.37. The van der Waals surface area contributed by atoms with Crippen molar-refractivity contribution >= 4 is 11.5 Å². The van der Waals surface area contributed by atoms with Crippen LogP contribution in [0.25, 0.3) is 0 Å². The van der Waals surface area contributed by atoms with Gasteiger partial charge in [-0.05, 0) is 61.8 Å². The minimum Gasteiger partial charge on any atom is -0.497 e. The summed E-state index contributed by atoms with van der Waals surface area (Å²) >= 11 is 0. The molecule has 1 aliphatic carbocycles. The maximum Gasteiger partial charge on any atom is 0.217 e. The highest BCUT2D eigenvalue weighted by atomic mass is 16.5. The van der Waals surface area contributed by atoms with Crippen LogP contribution in [0.15, 0.2) is 66.7 Å². The van der Waals surface area contributed by atoms with Crippen LogP contribution in [0, 0.1) is 5.92 Å². The van der Waals surface area contributed by atoms with Crippen molar-refractivity contribution in [3.63, 3.8) is 0 Å². The standard InChI is InChI=1S/C31H37N3O3/c1-22-20-33(14-15-36-22)27-18-30(32-31(19-27)37-21-24-8-12-28(35-2)13-9-24)34-26-11-10-25(17-26)29(34)16-23-6-4-3-5-7-23/h3-9,12-13,18-19,22,25-26,29H,10-11,14-17,20-21H2,1-2H3/t22-,25+,26-,29-/m1/s1. The maximum atomic E-state index is 6.32. The van der Waals surface area contributed by atoms with E-state index >= 15 is 0 Å². The number of rotatable bonds is 8. The van der Waals surface area contributed by atoms with Crippen LogP contribution in [0.5, 0.6) is 11.6 Å². The van der Waals surface area contributed by atoms with E-state index in [1.807, 2.05) is 24.3 Å². The van der Waals surface area contributed by atoms with Gasteiger partial charge in [0.05, 0.1) is 19.8 Å². The summed E-state index contributed by atoms with van der Waals surface area (Å²) in [5, 5.41) is 0. The molecule has 0 spiro atoms. The molecule has 3 heterocycles. The Balaban J connectivity index is 1.30. The van der Waals surface area contributed by atoms with Crippen molar-refractivity contribution in [3.05, 3.63) is 77.9 Å². The first-order valence-electron chi connectivity index (χ1n) is 13.6. The topological polar surface area (TPSA) is 47.1 Å². The third kappa shape index (κ3) is 5.26. The Hall–Kier alpha value is -3.25. The van der Waals surface area contributed by atoms with Gasteiger partial charge in [0, 0.05) is 43.0 Å². The monoisotopic (exact) mass is 499 g/mol. The Morgan fingerprint density at radius 2 is 1.84 bits per heavy atom. The predicted octanol–water partition coefficient (Wildman–Crippen LogP) is 5.49. The summed E-state index contributed by atoms with van der Waals surface area (Å²) in [5.41, 5.74) is 3.67. The Morgan fingerprint density at radius 3 is 2.62 bits per heavy atom. The summed E-state index contributed by atoms with van der Waals surface area (Å²) in [7, 11) is 1.69. The minimum atomic E-state index is 0.211. The van der Waals surface area contributed by atoms with Gasteiger partial charge in [-0.1, -0.05) is 42.5 Å². The summed E-state index contributed by atoms with van der Waals surface area (Å²) in [4.78, 5) is 10.1. The maximum absolute atomic E-state index is 6.32. The van der Waals surface area contributed by atoms with Crippen LogP contribution in [0.1, 0.15) is 37.3 Å².